The third kappa shape index (κ3) is 3.12. The number of halogens is 3. The molecule has 0 aliphatic rings. The van der Waals surface area contributed by atoms with Crippen LogP contribution in [0.5, 0.6) is 0 Å². The molecule has 0 bridgehead atoms. The van der Waals surface area contributed by atoms with Gasteiger partial charge in [0.15, 0.2) is 0 Å². The first-order valence-electron chi connectivity index (χ1n) is 5.58. The highest BCUT2D eigenvalue weighted by molar-refractivity contribution is 6.30. The third-order valence-electron chi connectivity index (χ3n) is 2.61. The van der Waals surface area contributed by atoms with E-state index in [0.717, 1.165) is 11.1 Å². The Morgan fingerprint density at radius 1 is 0.650 bits per heavy atom. The molecule has 0 fully saturated rings. The van der Waals surface area contributed by atoms with Gasteiger partial charge in [-0.3, -0.25) is 0 Å². The van der Waals surface area contributed by atoms with E-state index in [0.29, 0.717) is 21.8 Å². The van der Waals surface area contributed by atoms with E-state index in [1.165, 1.54) is 0 Å². The fraction of sp³-hybridized carbons (Fsp3) is 0. The summed E-state index contributed by atoms with van der Waals surface area (Å²) in [5.41, 5.74) is 1.66. The Bertz CT molecular complexity index is 633. The summed E-state index contributed by atoms with van der Waals surface area (Å²) in [7, 11) is 0. The lowest BCUT2D eigenvalue weighted by molar-refractivity contribution is 0.584. The highest BCUT2D eigenvalue weighted by atomic mass is 35.5. The monoisotopic (exact) mass is 326 g/mol. The molecule has 1 aromatic heterocycles. The van der Waals surface area contributed by atoms with Gasteiger partial charge in [0, 0.05) is 21.2 Å². The minimum Gasteiger partial charge on any atom is -0.416 e. The van der Waals surface area contributed by atoms with E-state index < -0.39 is 0 Å². The standard InChI is InChI=1S/C14H8Cl2N2O.ClH/c15-11-5-1-9(2-6-11)13-17-18-14(19-13)10-3-7-12(16)8-4-10;/h1-8H;1H. The lowest BCUT2D eigenvalue weighted by Crippen LogP contribution is -1.77. The highest BCUT2D eigenvalue weighted by Gasteiger charge is 2.10. The van der Waals surface area contributed by atoms with Gasteiger partial charge in [-0.1, -0.05) is 23.2 Å². The molecule has 3 nitrogen and oxygen atoms in total. The molecule has 2 aromatic carbocycles. The maximum absolute atomic E-state index is 5.84. The maximum Gasteiger partial charge on any atom is 0.248 e. The molecule has 6 heteroatoms. The van der Waals surface area contributed by atoms with Crippen molar-refractivity contribution in [1.82, 2.24) is 10.2 Å². The zero-order valence-corrected chi connectivity index (χ0v) is 12.4. The molecule has 20 heavy (non-hydrogen) atoms. The number of hydrogen-bond acceptors (Lipinski definition) is 3. The summed E-state index contributed by atoms with van der Waals surface area (Å²) in [5.74, 6) is 0.920. The van der Waals surface area contributed by atoms with Crippen LogP contribution in [0.15, 0.2) is 52.9 Å². The van der Waals surface area contributed by atoms with Gasteiger partial charge in [0.25, 0.3) is 0 Å². The smallest absolute Gasteiger partial charge is 0.248 e. The molecule has 0 spiro atoms. The molecule has 0 radical (unpaired) electrons. The lowest BCUT2D eigenvalue weighted by Gasteiger charge is -1.95. The number of benzene rings is 2. The Labute approximate surface area is 132 Å². The highest BCUT2D eigenvalue weighted by Crippen LogP contribution is 2.25. The Kier molecular flexibility index (Phi) is 4.65. The van der Waals surface area contributed by atoms with Crippen molar-refractivity contribution in [3.8, 4) is 22.9 Å². The van der Waals surface area contributed by atoms with Crippen molar-refractivity contribution in [3.63, 3.8) is 0 Å². The van der Waals surface area contributed by atoms with Crippen molar-refractivity contribution < 1.29 is 4.42 Å². The van der Waals surface area contributed by atoms with Crippen LogP contribution in [-0.4, -0.2) is 10.2 Å². The molecule has 0 aliphatic heterocycles. The van der Waals surface area contributed by atoms with E-state index in [2.05, 4.69) is 10.2 Å². The largest absolute Gasteiger partial charge is 0.416 e. The van der Waals surface area contributed by atoms with E-state index in [1.807, 2.05) is 24.3 Å². The minimum absolute atomic E-state index is 0. The van der Waals surface area contributed by atoms with Gasteiger partial charge < -0.3 is 4.42 Å². The van der Waals surface area contributed by atoms with Crippen molar-refractivity contribution in [2.75, 3.05) is 0 Å². The fourth-order valence-electron chi connectivity index (χ4n) is 1.64. The summed E-state index contributed by atoms with van der Waals surface area (Å²) in [4.78, 5) is 0. The molecule has 102 valence electrons. The second-order valence-electron chi connectivity index (χ2n) is 3.93. The van der Waals surface area contributed by atoms with Gasteiger partial charge in [-0.05, 0) is 48.5 Å². The molecule has 0 amide bonds. The summed E-state index contributed by atoms with van der Waals surface area (Å²) in [6.07, 6.45) is 0. The molecule has 1 heterocycles. The van der Waals surface area contributed by atoms with Crippen LogP contribution in [0.2, 0.25) is 10.0 Å². The lowest BCUT2D eigenvalue weighted by atomic mass is 10.2. The van der Waals surface area contributed by atoms with Crippen molar-refractivity contribution in [2.24, 2.45) is 0 Å². The number of rotatable bonds is 2. The first-order chi connectivity index (χ1) is 9.22. The zero-order valence-electron chi connectivity index (χ0n) is 10.1. The van der Waals surface area contributed by atoms with Crippen LogP contribution in [0.1, 0.15) is 0 Å². The van der Waals surface area contributed by atoms with Gasteiger partial charge in [-0.15, -0.1) is 22.6 Å². The molecule has 0 atom stereocenters. The van der Waals surface area contributed by atoms with Gasteiger partial charge in [0.2, 0.25) is 11.8 Å². The molecular formula is C14H9Cl3N2O. The second-order valence-corrected chi connectivity index (χ2v) is 4.80. The molecule has 3 aromatic rings. The number of nitrogens with zero attached hydrogens (tertiary/aromatic N) is 2. The van der Waals surface area contributed by atoms with Crippen LogP contribution in [-0.2, 0) is 0 Å². The van der Waals surface area contributed by atoms with Crippen LogP contribution in [0.4, 0.5) is 0 Å². The summed E-state index contributed by atoms with van der Waals surface area (Å²) < 4.78 is 5.63. The van der Waals surface area contributed by atoms with Crippen LogP contribution in [0, 0.1) is 0 Å². The Hall–Kier alpha value is -1.55. The zero-order chi connectivity index (χ0) is 13.2. The summed E-state index contributed by atoms with van der Waals surface area (Å²) >= 11 is 11.7. The molecule has 0 saturated heterocycles. The normalized spacial score (nSPS) is 10.1. The van der Waals surface area contributed by atoms with Crippen LogP contribution in [0.3, 0.4) is 0 Å². The van der Waals surface area contributed by atoms with Crippen molar-refractivity contribution >= 4 is 35.6 Å². The van der Waals surface area contributed by atoms with Crippen molar-refractivity contribution in [2.45, 2.75) is 0 Å². The fourth-order valence-corrected chi connectivity index (χ4v) is 1.89. The van der Waals surface area contributed by atoms with Gasteiger partial charge in [-0.2, -0.15) is 0 Å². The Morgan fingerprint density at radius 2 is 1.00 bits per heavy atom. The summed E-state index contributed by atoms with van der Waals surface area (Å²) in [6.45, 7) is 0. The third-order valence-corrected chi connectivity index (χ3v) is 3.11. The predicted molar refractivity (Wildman–Crippen MR) is 82.4 cm³/mol. The Morgan fingerprint density at radius 3 is 1.35 bits per heavy atom. The number of aromatic nitrogens is 2. The second kappa shape index (κ2) is 6.27. The summed E-state index contributed by atoms with van der Waals surface area (Å²) in [5, 5.41) is 9.38. The van der Waals surface area contributed by atoms with E-state index in [-0.39, 0.29) is 12.4 Å². The van der Waals surface area contributed by atoms with Crippen LogP contribution >= 0.6 is 35.6 Å². The van der Waals surface area contributed by atoms with Crippen LogP contribution < -0.4 is 0 Å². The van der Waals surface area contributed by atoms with Crippen molar-refractivity contribution in [3.05, 3.63) is 58.6 Å². The van der Waals surface area contributed by atoms with Crippen LogP contribution in [0.25, 0.3) is 22.9 Å². The van der Waals surface area contributed by atoms with Gasteiger partial charge >= 0.3 is 0 Å². The minimum atomic E-state index is 0. The Balaban J connectivity index is 0.00000147. The predicted octanol–water partition coefficient (Wildman–Crippen LogP) is 5.13. The molecule has 0 aliphatic carbocycles. The van der Waals surface area contributed by atoms with E-state index in [9.17, 15) is 0 Å². The van der Waals surface area contributed by atoms with Gasteiger partial charge in [0.05, 0.1) is 0 Å². The van der Waals surface area contributed by atoms with Crippen molar-refractivity contribution in [1.29, 1.82) is 0 Å². The molecular weight excluding hydrogens is 319 g/mol. The first-order valence-corrected chi connectivity index (χ1v) is 6.33. The van der Waals surface area contributed by atoms with E-state index in [1.54, 1.807) is 24.3 Å². The average molecular weight is 328 g/mol. The SMILES string of the molecule is Cl.Clc1ccc(-c2nnc(-c3ccc(Cl)cc3)o2)cc1. The maximum atomic E-state index is 5.84. The molecule has 0 saturated carbocycles. The topological polar surface area (TPSA) is 38.9 Å². The first kappa shape index (κ1) is 14.9. The van der Waals surface area contributed by atoms with E-state index >= 15 is 0 Å². The molecule has 0 unspecified atom stereocenters. The van der Waals surface area contributed by atoms with E-state index in [4.69, 9.17) is 27.6 Å². The summed E-state index contributed by atoms with van der Waals surface area (Å²) in [6, 6.07) is 14.5. The molecule has 0 N–H and O–H groups in total. The number of hydrogen-bond donors (Lipinski definition) is 0. The average Bonchev–Trinajstić information content (AvgIpc) is 2.90. The van der Waals surface area contributed by atoms with Gasteiger partial charge in [-0.25, -0.2) is 0 Å². The van der Waals surface area contributed by atoms with Gasteiger partial charge in [0.1, 0.15) is 0 Å². The quantitative estimate of drug-likeness (QED) is 0.655. The molecule has 3 rings (SSSR count).